The van der Waals surface area contributed by atoms with E-state index in [2.05, 4.69) is 23.3 Å². The van der Waals surface area contributed by atoms with E-state index in [4.69, 9.17) is 4.74 Å². The van der Waals surface area contributed by atoms with Crippen LogP contribution in [0.25, 0.3) is 0 Å². The van der Waals surface area contributed by atoms with E-state index in [0.717, 1.165) is 23.7 Å². The maximum atomic E-state index is 5.93. The van der Waals surface area contributed by atoms with E-state index in [9.17, 15) is 0 Å². The Kier molecular flexibility index (Phi) is 4.79. The van der Waals surface area contributed by atoms with Crippen LogP contribution in [0.5, 0.6) is 5.75 Å². The SMILES string of the molecule is CCNC(c1ccccc1OC(C)C)c1nccn1C. The molecule has 1 aromatic heterocycles. The van der Waals surface area contributed by atoms with Crippen molar-refractivity contribution in [1.29, 1.82) is 0 Å². The van der Waals surface area contributed by atoms with Gasteiger partial charge in [0.05, 0.1) is 12.1 Å². The summed E-state index contributed by atoms with van der Waals surface area (Å²) in [5, 5.41) is 3.49. The highest BCUT2D eigenvalue weighted by atomic mass is 16.5. The van der Waals surface area contributed by atoms with Gasteiger partial charge in [-0.25, -0.2) is 4.98 Å². The highest BCUT2D eigenvalue weighted by molar-refractivity contribution is 5.39. The van der Waals surface area contributed by atoms with Crippen molar-refractivity contribution in [1.82, 2.24) is 14.9 Å². The number of hydrogen-bond donors (Lipinski definition) is 1. The second kappa shape index (κ2) is 6.57. The van der Waals surface area contributed by atoms with Crippen LogP contribution in [0.3, 0.4) is 0 Å². The van der Waals surface area contributed by atoms with E-state index >= 15 is 0 Å². The number of imidazole rings is 1. The van der Waals surface area contributed by atoms with Crippen LogP contribution in [-0.2, 0) is 7.05 Å². The summed E-state index contributed by atoms with van der Waals surface area (Å²) >= 11 is 0. The Bertz CT molecular complexity index is 548. The third-order valence-electron chi connectivity index (χ3n) is 3.12. The zero-order valence-corrected chi connectivity index (χ0v) is 12.6. The van der Waals surface area contributed by atoms with Crippen LogP contribution in [0.2, 0.25) is 0 Å². The molecular weight excluding hydrogens is 250 g/mol. The molecule has 108 valence electrons. The summed E-state index contributed by atoms with van der Waals surface area (Å²) in [6.07, 6.45) is 3.94. The van der Waals surface area contributed by atoms with Crippen LogP contribution in [0.4, 0.5) is 0 Å². The molecule has 0 aliphatic heterocycles. The molecule has 0 saturated carbocycles. The van der Waals surface area contributed by atoms with Gasteiger partial charge in [0.15, 0.2) is 0 Å². The Morgan fingerprint density at radius 2 is 2.05 bits per heavy atom. The number of nitrogens with zero attached hydrogens (tertiary/aromatic N) is 2. The molecule has 1 aromatic carbocycles. The van der Waals surface area contributed by atoms with Crippen LogP contribution >= 0.6 is 0 Å². The molecule has 1 unspecified atom stereocenters. The van der Waals surface area contributed by atoms with Crippen molar-refractivity contribution < 1.29 is 4.74 Å². The minimum atomic E-state index is 0.0370. The standard InChI is InChI=1S/C16H23N3O/c1-5-17-15(16-18-10-11-19(16)4)13-8-6-7-9-14(13)20-12(2)3/h6-12,15,17H,5H2,1-4H3. The number of benzene rings is 1. The summed E-state index contributed by atoms with van der Waals surface area (Å²) in [5.74, 6) is 1.91. The molecular formula is C16H23N3O. The first-order chi connectivity index (χ1) is 9.63. The zero-order valence-electron chi connectivity index (χ0n) is 12.6. The first kappa shape index (κ1) is 14.6. The zero-order chi connectivity index (χ0) is 14.5. The van der Waals surface area contributed by atoms with Crippen LogP contribution in [0.15, 0.2) is 36.7 Å². The summed E-state index contributed by atoms with van der Waals surface area (Å²) in [5.41, 5.74) is 1.12. The molecule has 0 fully saturated rings. The van der Waals surface area contributed by atoms with Crippen LogP contribution < -0.4 is 10.1 Å². The van der Waals surface area contributed by atoms with Gasteiger partial charge < -0.3 is 14.6 Å². The summed E-state index contributed by atoms with van der Waals surface area (Å²) < 4.78 is 7.97. The monoisotopic (exact) mass is 273 g/mol. The van der Waals surface area contributed by atoms with Gasteiger partial charge in [-0.15, -0.1) is 0 Å². The van der Waals surface area contributed by atoms with E-state index in [-0.39, 0.29) is 12.1 Å². The van der Waals surface area contributed by atoms with Gasteiger partial charge in [0.2, 0.25) is 0 Å². The minimum Gasteiger partial charge on any atom is -0.491 e. The van der Waals surface area contributed by atoms with Crippen molar-refractivity contribution in [3.05, 3.63) is 48.0 Å². The quantitative estimate of drug-likeness (QED) is 0.879. The molecule has 2 rings (SSSR count). The normalized spacial score (nSPS) is 12.7. The summed E-state index contributed by atoms with van der Waals surface area (Å²) in [6, 6.07) is 8.19. The van der Waals surface area contributed by atoms with E-state index in [0.29, 0.717) is 0 Å². The number of nitrogens with one attached hydrogen (secondary N) is 1. The molecule has 1 heterocycles. The molecule has 0 radical (unpaired) electrons. The second-order valence-corrected chi connectivity index (χ2v) is 5.09. The van der Waals surface area contributed by atoms with Crippen LogP contribution in [0, 0.1) is 0 Å². The third kappa shape index (κ3) is 3.20. The lowest BCUT2D eigenvalue weighted by molar-refractivity contribution is 0.238. The Labute approximate surface area is 120 Å². The highest BCUT2D eigenvalue weighted by Crippen LogP contribution is 2.29. The molecule has 4 heteroatoms. The first-order valence-electron chi connectivity index (χ1n) is 7.09. The number of aryl methyl sites for hydroxylation is 1. The molecule has 1 N–H and O–H groups in total. The molecule has 0 saturated heterocycles. The lowest BCUT2D eigenvalue weighted by atomic mass is 10.0. The van der Waals surface area contributed by atoms with Gasteiger partial charge in [0, 0.05) is 25.0 Å². The summed E-state index contributed by atoms with van der Waals surface area (Å²) in [7, 11) is 2.01. The topological polar surface area (TPSA) is 39.1 Å². The molecule has 0 aliphatic carbocycles. The average molecular weight is 273 g/mol. The van der Waals surface area contributed by atoms with Gasteiger partial charge in [0.25, 0.3) is 0 Å². The maximum absolute atomic E-state index is 5.93. The Balaban J connectivity index is 2.42. The molecule has 0 spiro atoms. The Hall–Kier alpha value is -1.81. The fourth-order valence-electron chi connectivity index (χ4n) is 2.28. The lowest BCUT2D eigenvalue weighted by Gasteiger charge is -2.22. The van der Waals surface area contributed by atoms with Gasteiger partial charge in [0.1, 0.15) is 11.6 Å². The number of para-hydroxylation sites is 1. The Morgan fingerprint density at radius 1 is 1.30 bits per heavy atom. The first-order valence-corrected chi connectivity index (χ1v) is 7.09. The molecule has 0 bridgehead atoms. The van der Waals surface area contributed by atoms with Crippen molar-refractivity contribution in [2.75, 3.05) is 6.54 Å². The van der Waals surface area contributed by atoms with E-state index < -0.39 is 0 Å². The van der Waals surface area contributed by atoms with Crippen molar-refractivity contribution in [2.24, 2.45) is 7.05 Å². The van der Waals surface area contributed by atoms with Gasteiger partial charge in [-0.3, -0.25) is 0 Å². The highest BCUT2D eigenvalue weighted by Gasteiger charge is 2.21. The molecule has 2 aromatic rings. The molecule has 20 heavy (non-hydrogen) atoms. The number of ether oxygens (including phenoxy) is 1. The second-order valence-electron chi connectivity index (χ2n) is 5.09. The maximum Gasteiger partial charge on any atom is 0.130 e. The largest absolute Gasteiger partial charge is 0.491 e. The number of rotatable bonds is 6. The van der Waals surface area contributed by atoms with Gasteiger partial charge in [-0.1, -0.05) is 25.1 Å². The lowest BCUT2D eigenvalue weighted by Crippen LogP contribution is -2.25. The van der Waals surface area contributed by atoms with E-state index in [1.165, 1.54) is 0 Å². The molecule has 0 aliphatic rings. The van der Waals surface area contributed by atoms with Gasteiger partial charge in [-0.05, 0) is 26.5 Å². The fourth-order valence-corrected chi connectivity index (χ4v) is 2.28. The van der Waals surface area contributed by atoms with E-state index in [1.807, 2.05) is 56.1 Å². The average Bonchev–Trinajstić information content (AvgIpc) is 2.82. The molecule has 1 atom stereocenters. The Morgan fingerprint density at radius 3 is 2.65 bits per heavy atom. The molecule has 4 nitrogen and oxygen atoms in total. The minimum absolute atomic E-state index is 0.0370. The third-order valence-corrected chi connectivity index (χ3v) is 3.12. The summed E-state index contributed by atoms with van der Waals surface area (Å²) in [6.45, 7) is 7.05. The fraction of sp³-hybridized carbons (Fsp3) is 0.438. The predicted octanol–water partition coefficient (Wildman–Crippen LogP) is 2.91. The van der Waals surface area contributed by atoms with Crippen molar-refractivity contribution in [3.63, 3.8) is 0 Å². The van der Waals surface area contributed by atoms with Crippen molar-refractivity contribution in [2.45, 2.75) is 32.9 Å². The van der Waals surface area contributed by atoms with Crippen LogP contribution in [-0.4, -0.2) is 22.2 Å². The van der Waals surface area contributed by atoms with Crippen molar-refractivity contribution in [3.8, 4) is 5.75 Å². The van der Waals surface area contributed by atoms with Gasteiger partial charge >= 0.3 is 0 Å². The summed E-state index contributed by atoms with van der Waals surface area (Å²) in [4.78, 5) is 4.48. The van der Waals surface area contributed by atoms with E-state index in [1.54, 1.807) is 0 Å². The number of aromatic nitrogens is 2. The smallest absolute Gasteiger partial charge is 0.130 e. The van der Waals surface area contributed by atoms with Crippen LogP contribution in [0.1, 0.15) is 38.2 Å². The van der Waals surface area contributed by atoms with Crippen molar-refractivity contribution >= 4 is 0 Å². The predicted molar refractivity (Wildman–Crippen MR) is 80.9 cm³/mol. The van der Waals surface area contributed by atoms with Gasteiger partial charge in [-0.2, -0.15) is 0 Å². The number of hydrogen-bond acceptors (Lipinski definition) is 3. The molecule has 0 amide bonds.